The molecular weight excluding hydrogens is 200 g/mol. The van der Waals surface area contributed by atoms with Gasteiger partial charge in [-0.3, -0.25) is 4.79 Å². The number of amides is 1. The summed E-state index contributed by atoms with van der Waals surface area (Å²) in [5.74, 6) is 0.184. The minimum Gasteiger partial charge on any atom is -0.341 e. The Morgan fingerprint density at radius 3 is 2.81 bits per heavy atom. The second kappa shape index (κ2) is 5.12. The third-order valence-electron chi connectivity index (χ3n) is 3.07. The molecule has 1 fully saturated rings. The standard InChI is InChI=1S/C13H18N2O/c1-11(16)15-8-7-13(10-15)14-9-12-5-3-2-4-6-12/h2-6,13-14H,7-10H2,1H3/t13-/m0/s1. The van der Waals surface area contributed by atoms with Crippen LogP contribution in [0, 0.1) is 0 Å². The van der Waals surface area contributed by atoms with Gasteiger partial charge in [0, 0.05) is 32.6 Å². The summed E-state index contributed by atoms with van der Waals surface area (Å²) in [5, 5.41) is 3.49. The molecule has 1 amide bonds. The molecule has 0 spiro atoms. The van der Waals surface area contributed by atoms with Gasteiger partial charge in [-0.15, -0.1) is 0 Å². The molecule has 1 heterocycles. The van der Waals surface area contributed by atoms with E-state index in [1.165, 1.54) is 5.56 Å². The zero-order valence-corrected chi connectivity index (χ0v) is 9.65. The Labute approximate surface area is 96.5 Å². The van der Waals surface area contributed by atoms with Crippen molar-refractivity contribution < 1.29 is 4.79 Å². The number of hydrogen-bond donors (Lipinski definition) is 1. The maximum atomic E-state index is 11.2. The predicted octanol–water partition coefficient (Wildman–Crippen LogP) is 1.40. The van der Waals surface area contributed by atoms with Crippen molar-refractivity contribution >= 4 is 5.91 Å². The van der Waals surface area contributed by atoms with Crippen molar-refractivity contribution in [2.24, 2.45) is 0 Å². The molecule has 1 aromatic carbocycles. The van der Waals surface area contributed by atoms with Crippen LogP contribution in [-0.4, -0.2) is 29.9 Å². The van der Waals surface area contributed by atoms with Crippen LogP contribution in [0.1, 0.15) is 18.9 Å². The molecule has 86 valence electrons. The van der Waals surface area contributed by atoms with Gasteiger partial charge in [0.1, 0.15) is 0 Å². The zero-order chi connectivity index (χ0) is 11.4. The lowest BCUT2D eigenvalue weighted by Gasteiger charge is -2.15. The molecule has 3 heteroatoms. The van der Waals surface area contributed by atoms with E-state index in [1.54, 1.807) is 6.92 Å². The number of benzene rings is 1. The second-order valence-electron chi connectivity index (χ2n) is 4.32. The van der Waals surface area contributed by atoms with Gasteiger partial charge in [-0.2, -0.15) is 0 Å². The van der Waals surface area contributed by atoms with Crippen molar-refractivity contribution in [2.75, 3.05) is 13.1 Å². The van der Waals surface area contributed by atoms with Gasteiger partial charge in [0.25, 0.3) is 0 Å². The molecule has 0 radical (unpaired) electrons. The summed E-state index contributed by atoms with van der Waals surface area (Å²) in [6.07, 6.45) is 1.06. The summed E-state index contributed by atoms with van der Waals surface area (Å²) in [7, 11) is 0. The van der Waals surface area contributed by atoms with E-state index >= 15 is 0 Å². The van der Waals surface area contributed by atoms with E-state index in [4.69, 9.17) is 0 Å². The number of hydrogen-bond acceptors (Lipinski definition) is 2. The highest BCUT2D eigenvalue weighted by atomic mass is 16.2. The minimum atomic E-state index is 0.184. The molecule has 1 aliphatic rings. The quantitative estimate of drug-likeness (QED) is 0.831. The van der Waals surface area contributed by atoms with Gasteiger partial charge in [-0.1, -0.05) is 30.3 Å². The third kappa shape index (κ3) is 2.83. The number of nitrogens with one attached hydrogen (secondary N) is 1. The summed E-state index contributed by atoms with van der Waals surface area (Å²) in [5.41, 5.74) is 1.30. The maximum absolute atomic E-state index is 11.2. The first-order valence-corrected chi connectivity index (χ1v) is 5.78. The van der Waals surface area contributed by atoms with Gasteiger partial charge in [-0.25, -0.2) is 0 Å². The van der Waals surface area contributed by atoms with Gasteiger partial charge in [0.2, 0.25) is 5.91 Å². The summed E-state index contributed by atoms with van der Waals surface area (Å²) < 4.78 is 0. The van der Waals surface area contributed by atoms with Crippen molar-refractivity contribution in [3.63, 3.8) is 0 Å². The molecule has 0 aliphatic carbocycles. The summed E-state index contributed by atoms with van der Waals surface area (Å²) in [4.78, 5) is 13.1. The number of nitrogens with zero attached hydrogens (tertiary/aromatic N) is 1. The van der Waals surface area contributed by atoms with Crippen molar-refractivity contribution in [3.8, 4) is 0 Å². The Kier molecular flexibility index (Phi) is 3.57. The number of likely N-dealkylation sites (tertiary alicyclic amines) is 1. The van der Waals surface area contributed by atoms with Crippen LogP contribution in [0.4, 0.5) is 0 Å². The SMILES string of the molecule is CC(=O)N1CC[C@H](NCc2ccccc2)C1. The highest BCUT2D eigenvalue weighted by molar-refractivity contribution is 5.73. The molecule has 0 bridgehead atoms. The minimum absolute atomic E-state index is 0.184. The average Bonchev–Trinajstić information content (AvgIpc) is 2.76. The highest BCUT2D eigenvalue weighted by Gasteiger charge is 2.23. The molecule has 0 saturated carbocycles. The fourth-order valence-corrected chi connectivity index (χ4v) is 2.07. The Morgan fingerprint density at radius 2 is 2.19 bits per heavy atom. The fourth-order valence-electron chi connectivity index (χ4n) is 2.07. The molecule has 0 aromatic heterocycles. The normalized spacial score (nSPS) is 20.1. The molecule has 1 N–H and O–H groups in total. The van der Waals surface area contributed by atoms with Crippen LogP contribution in [0.5, 0.6) is 0 Å². The van der Waals surface area contributed by atoms with Crippen LogP contribution in [-0.2, 0) is 11.3 Å². The Hall–Kier alpha value is -1.35. The van der Waals surface area contributed by atoms with E-state index in [2.05, 4.69) is 17.4 Å². The van der Waals surface area contributed by atoms with Crippen molar-refractivity contribution in [2.45, 2.75) is 25.9 Å². The monoisotopic (exact) mass is 218 g/mol. The van der Waals surface area contributed by atoms with Gasteiger partial charge in [0.15, 0.2) is 0 Å². The van der Waals surface area contributed by atoms with Crippen molar-refractivity contribution in [1.29, 1.82) is 0 Å². The Morgan fingerprint density at radius 1 is 1.44 bits per heavy atom. The van der Waals surface area contributed by atoms with Crippen LogP contribution in [0.2, 0.25) is 0 Å². The predicted molar refractivity (Wildman–Crippen MR) is 63.9 cm³/mol. The second-order valence-corrected chi connectivity index (χ2v) is 4.32. The molecule has 3 nitrogen and oxygen atoms in total. The highest BCUT2D eigenvalue weighted by Crippen LogP contribution is 2.10. The number of carbonyl (C=O) groups is 1. The molecule has 0 unspecified atom stereocenters. The lowest BCUT2D eigenvalue weighted by Crippen LogP contribution is -2.33. The van der Waals surface area contributed by atoms with E-state index in [0.29, 0.717) is 6.04 Å². The van der Waals surface area contributed by atoms with E-state index < -0.39 is 0 Å². The molecular formula is C13H18N2O. The number of rotatable bonds is 3. The van der Waals surface area contributed by atoms with Gasteiger partial charge < -0.3 is 10.2 Å². The smallest absolute Gasteiger partial charge is 0.219 e. The first-order chi connectivity index (χ1) is 7.75. The lowest BCUT2D eigenvalue weighted by atomic mass is 10.2. The van der Waals surface area contributed by atoms with Crippen LogP contribution >= 0.6 is 0 Å². The topological polar surface area (TPSA) is 32.3 Å². The van der Waals surface area contributed by atoms with Crippen LogP contribution < -0.4 is 5.32 Å². The van der Waals surface area contributed by atoms with Crippen LogP contribution in [0.25, 0.3) is 0 Å². The average molecular weight is 218 g/mol. The first-order valence-electron chi connectivity index (χ1n) is 5.78. The van der Waals surface area contributed by atoms with E-state index in [0.717, 1.165) is 26.1 Å². The molecule has 1 atom stereocenters. The van der Waals surface area contributed by atoms with Crippen molar-refractivity contribution in [3.05, 3.63) is 35.9 Å². The van der Waals surface area contributed by atoms with E-state index in [9.17, 15) is 4.79 Å². The van der Waals surface area contributed by atoms with Crippen LogP contribution in [0.3, 0.4) is 0 Å². The van der Waals surface area contributed by atoms with Gasteiger partial charge in [-0.05, 0) is 12.0 Å². The largest absolute Gasteiger partial charge is 0.341 e. The summed E-state index contributed by atoms with van der Waals surface area (Å²) in [6, 6.07) is 10.8. The summed E-state index contributed by atoms with van der Waals surface area (Å²) in [6.45, 7) is 4.26. The number of carbonyl (C=O) groups excluding carboxylic acids is 1. The van der Waals surface area contributed by atoms with E-state index in [1.807, 2.05) is 23.1 Å². The fraction of sp³-hybridized carbons (Fsp3) is 0.462. The molecule has 1 aliphatic heterocycles. The molecule has 2 rings (SSSR count). The maximum Gasteiger partial charge on any atom is 0.219 e. The lowest BCUT2D eigenvalue weighted by molar-refractivity contribution is -0.127. The van der Waals surface area contributed by atoms with E-state index in [-0.39, 0.29) is 5.91 Å². The van der Waals surface area contributed by atoms with Gasteiger partial charge in [0.05, 0.1) is 0 Å². The molecule has 1 aromatic rings. The van der Waals surface area contributed by atoms with Crippen LogP contribution in [0.15, 0.2) is 30.3 Å². The molecule has 16 heavy (non-hydrogen) atoms. The third-order valence-corrected chi connectivity index (χ3v) is 3.07. The summed E-state index contributed by atoms with van der Waals surface area (Å²) >= 11 is 0. The van der Waals surface area contributed by atoms with Gasteiger partial charge >= 0.3 is 0 Å². The molecule has 1 saturated heterocycles. The first kappa shape index (κ1) is 11.1. The van der Waals surface area contributed by atoms with Crippen molar-refractivity contribution in [1.82, 2.24) is 10.2 Å². The zero-order valence-electron chi connectivity index (χ0n) is 9.65. The Balaban J connectivity index is 1.78. The Bertz CT molecular complexity index is 350.